The summed E-state index contributed by atoms with van der Waals surface area (Å²) in [5.74, 6) is -1.26. The summed E-state index contributed by atoms with van der Waals surface area (Å²) in [6.45, 7) is 4.05. The first-order chi connectivity index (χ1) is 19.7. The Balaban J connectivity index is 1.37. The number of H-pyrrole nitrogens is 1. The van der Waals surface area contributed by atoms with Gasteiger partial charge in [-0.05, 0) is 69.4 Å². The van der Waals surface area contributed by atoms with Crippen molar-refractivity contribution in [3.63, 3.8) is 0 Å². The van der Waals surface area contributed by atoms with Crippen LogP contribution in [0.5, 0.6) is 6.01 Å². The molecule has 0 spiro atoms. The summed E-state index contributed by atoms with van der Waals surface area (Å²) in [6.07, 6.45) is 4.75. The van der Waals surface area contributed by atoms with E-state index < -0.39 is 29.2 Å². The Morgan fingerprint density at radius 1 is 1.10 bits per heavy atom. The number of hydrogen-bond donors (Lipinski definition) is 2. The van der Waals surface area contributed by atoms with Gasteiger partial charge in [0.1, 0.15) is 11.2 Å². The lowest BCUT2D eigenvalue weighted by Crippen LogP contribution is -2.53. The summed E-state index contributed by atoms with van der Waals surface area (Å²) in [5, 5.41) is 0. The van der Waals surface area contributed by atoms with Crippen LogP contribution < -0.4 is 10.5 Å². The maximum atomic E-state index is 13.7. The predicted octanol–water partition coefficient (Wildman–Crippen LogP) is 4.24. The molecule has 1 aromatic carbocycles. The van der Waals surface area contributed by atoms with Gasteiger partial charge in [0.25, 0.3) is 5.91 Å². The zero-order chi connectivity index (χ0) is 29.0. The van der Waals surface area contributed by atoms with Crippen molar-refractivity contribution < 1.29 is 32.9 Å². The molecule has 41 heavy (non-hydrogen) atoms. The number of nitrogens with zero attached hydrogens (tertiary/aromatic N) is 3. The zero-order valence-corrected chi connectivity index (χ0v) is 23.2. The number of halogens is 1. The van der Waals surface area contributed by atoms with Crippen LogP contribution >= 0.6 is 0 Å². The number of imidazole rings is 1. The summed E-state index contributed by atoms with van der Waals surface area (Å²) in [6, 6.07) is 7.85. The Labute approximate surface area is 237 Å². The highest BCUT2D eigenvalue weighted by Gasteiger charge is 2.48. The number of amides is 1. The summed E-state index contributed by atoms with van der Waals surface area (Å²) in [4.78, 5) is 42.1. The van der Waals surface area contributed by atoms with Crippen molar-refractivity contribution in [1.29, 1.82) is 0 Å². The summed E-state index contributed by atoms with van der Waals surface area (Å²) in [7, 11) is 0. The molecule has 1 saturated carbocycles. The third-order valence-corrected chi connectivity index (χ3v) is 7.39. The van der Waals surface area contributed by atoms with E-state index >= 15 is 0 Å². The molecule has 0 bridgehead atoms. The van der Waals surface area contributed by atoms with Gasteiger partial charge in [0.2, 0.25) is 6.29 Å². The molecule has 1 aliphatic carbocycles. The fourth-order valence-electron chi connectivity index (χ4n) is 4.96. The third kappa shape index (κ3) is 6.08. The molecule has 3 aromatic rings. The number of carbonyl (C=O) groups is 2. The standard InChI is InChI=1S/C29H34FN5O6/c1-3-15-38-27-32-14-11-20(33-27)22-21(18-7-9-19(30)10-8-18)34-23(35-22)24-39-16-28(2,17-40-24)26(37)41-29(25(31)36)12-5-4-6-13-29/h7-11,14,24H,3-6,12-13,15-17H2,1-2H3,(H2,31,36)(H,34,35). The Morgan fingerprint density at radius 2 is 1.80 bits per heavy atom. The SMILES string of the molecule is CCCOc1nccc(-c2[nH]c(C3OCC(C)(C(=O)OC4(C(N)=O)CCCCC4)CO3)nc2-c2ccc(F)cc2)n1. The van der Waals surface area contributed by atoms with E-state index in [1.807, 2.05) is 6.92 Å². The van der Waals surface area contributed by atoms with E-state index in [1.54, 1.807) is 31.3 Å². The zero-order valence-electron chi connectivity index (χ0n) is 23.2. The molecule has 0 atom stereocenters. The summed E-state index contributed by atoms with van der Waals surface area (Å²) in [5.41, 5.74) is 5.39. The molecular weight excluding hydrogens is 533 g/mol. The fraction of sp³-hybridized carbons (Fsp3) is 0.483. The molecule has 1 amide bonds. The van der Waals surface area contributed by atoms with E-state index in [0.717, 1.165) is 25.7 Å². The molecule has 1 saturated heterocycles. The number of nitrogens with one attached hydrogen (secondary N) is 1. The van der Waals surface area contributed by atoms with E-state index in [-0.39, 0.29) is 25.0 Å². The van der Waals surface area contributed by atoms with Crippen molar-refractivity contribution in [3.05, 3.63) is 48.2 Å². The molecule has 2 aliphatic rings. The van der Waals surface area contributed by atoms with Crippen molar-refractivity contribution in [2.75, 3.05) is 19.8 Å². The number of rotatable bonds is 9. The Bertz CT molecular complexity index is 1380. The molecule has 218 valence electrons. The molecule has 0 radical (unpaired) electrons. The number of benzene rings is 1. The number of ether oxygens (including phenoxy) is 4. The smallest absolute Gasteiger partial charge is 0.317 e. The van der Waals surface area contributed by atoms with E-state index in [9.17, 15) is 14.0 Å². The largest absolute Gasteiger partial charge is 0.463 e. The van der Waals surface area contributed by atoms with Crippen LogP contribution in [-0.2, 0) is 23.8 Å². The minimum atomic E-state index is -1.30. The normalized spacial score (nSPS) is 22.2. The second-order valence-electron chi connectivity index (χ2n) is 10.7. The highest BCUT2D eigenvalue weighted by atomic mass is 19.1. The van der Waals surface area contributed by atoms with Gasteiger partial charge in [0, 0.05) is 11.8 Å². The van der Waals surface area contributed by atoms with Gasteiger partial charge in [-0.25, -0.2) is 14.4 Å². The first-order valence-corrected chi connectivity index (χ1v) is 13.8. The van der Waals surface area contributed by atoms with E-state index in [4.69, 9.17) is 29.7 Å². The number of primary amides is 1. The summed E-state index contributed by atoms with van der Waals surface area (Å²) >= 11 is 0. The predicted molar refractivity (Wildman–Crippen MR) is 145 cm³/mol. The van der Waals surface area contributed by atoms with Crippen molar-refractivity contribution in [1.82, 2.24) is 19.9 Å². The van der Waals surface area contributed by atoms with Gasteiger partial charge in [0.05, 0.1) is 36.9 Å². The summed E-state index contributed by atoms with van der Waals surface area (Å²) < 4.78 is 37.0. The molecule has 1 aliphatic heterocycles. The van der Waals surface area contributed by atoms with Crippen LogP contribution in [0.1, 0.15) is 64.5 Å². The lowest BCUT2D eigenvalue weighted by atomic mass is 9.83. The Morgan fingerprint density at radius 3 is 2.46 bits per heavy atom. The lowest BCUT2D eigenvalue weighted by Gasteiger charge is -2.39. The highest BCUT2D eigenvalue weighted by Crippen LogP contribution is 2.38. The molecule has 3 heterocycles. The van der Waals surface area contributed by atoms with Crippen LogP contribution in [-0.4, -0.2) is 57.2 Å². The first-order valence-electron chi connectivity index (χ1n) is 13.8. The Hall–Kier alpha value is -3.90. The van der Waals surface area contributed by atoms with Crippen LogP contribution in [0.15, 0.2) is 36.5 Å². The van der Waals surface area contributed by atoms with Gasteiger partial charge >= 0.3 is 12.0 Å². The van der Waals surface area contributed by atoms with Gasteiger partial charge < -0.3 is 29.7 Å². The average molecular weight is 568 g/mol. The molecule has 2 fully saturated rings. The van der Waals surface area contributed by atoms with Gasteiger partial charge in [0.15, 0.2) is 11.4 Å². The molecule has 11 nitrogen and oxygen atoms in total. The van der Waals surface area contributed by atoms with Crippen molar-refractivity contribution >= 4 is 11.9 Å². The minimum Gasteiger partial charge on any atom is -0.463 e. The van der Waals surface area contributed by atoms with Crippen LogP contribution in [0.4, 0.5) is 4.39 Å². The minimum absolute atomic E-state index is 0.0320. The fourth-order valence-corrected chi connectivity index (χ4v) is 4.96. The van der Waals surface area contributed by atoms with Gasteiger partial charge in [-0.2, -0.15) is 4.98 Å². The van der Waals surface area contributed by atoms with Crippen LogP contribution in [0.3, 0.4) is 0 Å². The first kappa shape index (κ1) is 28.6. The van der Waals surface area contributed by atoms with E-state index in [2.05, 4.69) is 15.0 Å². The monoisotopic (exact) mass is 567 g/mol. The van der Waals surface area contributed by atoms with E-state index in [0.29, 0.717) is 47.9 Å². The second kappa shape index (κ2) is 11.9. The number of hydrogen-bond acceptors (Lipinski definition) is 9. The van der Waals surface area contributed by atoms with Crippen LogP contribution in [0.25, 0.3) is 22.6 Å². The number of carbonyl (C=O) groups excluding carboxylic acids is 2. The van der Waals surface area contributed by atoms with Crippen molar-refractivity contribution in [3.8, 4) is 28.7 Å². The number of aromatic amines is 1. The molecule has 2 aromatic heterocycles. The third-order valence-electron chi connectivity index (χ3n) is 7.39. The van der Waals surface area contributed by atoms with Crippen LogP contribution in [0.2, 0.25) is 0 Å². The maximum absolute atomic E-state index is 13.7. The molecule has 0 unspecified atom stereocenters. The van der Waals surface area contributed by atoms with Gasteiger partial charge in [-0.15, -0.1) is 0 Å². The highest BCUT2D eigenvalue weighted by molar-refractivity contribution is 5.88. The lowest BCUT2D eigenvalue weighted by molar-refractivity contribution is -0.243. The molecule has 5 rings (SSSR count). The van der Waals surface area contributed by atoms with Crippen LogP contribution in [0, 0.1) is 11.2 Å². The number of esters is 1. The molecular formula is C29H34FN5O6. The van der Waals surface area contributed by atoms with E-state index in [1.165, 1.54) is 12.1 Å². The van der Waals surface area contributed by atoms with Crippen molar-refractivity contribution in [2.45, 2.75) is 64.3 Å². The second-order valence-corrected chi connectivity index (χ2v) is 10.7. The van der Waals surface area contributed by atoms with Gasteiger partial charge in [-0.3, -0.25) is 9.59 Å². The quantitative estimate of drug-likeness (QED) is 0.362. The van der Waals surface area contributed by atoms with Crippen molar-refractivity contribution in [2.24, 2.45) is 11.1 Å². The maximum Gasteiger partial charge on any atom is 0.317 e. The average Bonchev–Trinajstić information content (AvgIpc) is 3.43. The van der Waals surface area contributed by atoms with Gasteiger partial charge in [-0.1, -0.05) is 13.3 Å². The number of nitrogens with two attached hydrogens (primary N) is 1. The molecule has 12 heteroatoms. The molecule has 3 N–H and O–H groups in total. The Kier molecular flexibility index (Phi) is 8.32. The number of aromatic nitrogens is 4. The topological polar surface area (TPSA) is 152 Å².